The van der Waals surface area contributed by atoms with Gasteiger partial charge in [-0.25, -0.2) is 18.5 Å². The van der Waals surface area contributed by atoms with E-state index in [0.717, 1.165) is 14.2 Å². The highest BCUT2D eigenvalue weighted by Gasteiger charge is 2.49. The van der Waals surface area contributed by atoms with Crippen LogP contribution in [-0.2, 0) is 26.7 Å². The predicted molar refractivity (Wildman–Crippen MR) is 94.8 cm³/mol. The number of benzene rings is 1. The summed E-state index contributed by atoms with van der Waals surface area (Å²) in [4.78, 5) is 1.90. The van der Waals surface area contributed by atoms with Gasteiger partial charge in [-0.05, 0) is 34.2 Å². The number of hydrazine groups is 1. The average Bonchev–Trinajstić information content (AvgIpc) is 2.87. The fourth-order valence-corrected chi connectivity index (χ4v) is 4.09. The summed E-state index contributed by atoms with van der Waals surface area (Å²) in [5.41, 5.74) is 3.08. The molecule has 1 atom stereocenters. The molecule has 0 fully saturated rings. The van der Waals surface area contributed by atoms with Crippen molar-refractivity contribution in [2.45, 2.75) is 11.4 Å². The third kappa shape index (κ3) is 3.51. The molecule has 23 heavy (non-hydrogen) atoms. The lowest BCUT2D eigenvalue weighted by atomic mass is 10.1. The van der Waals surface area contributed by atoms with Crippen LogP contribution in [0.5, 0.6) is 0 Å². The van der Waals surface area contributed by atoms with Crippen molar-refractivity contribution in [3.05, 3.63) is 33.4 Å². The van der Waals surface area contributed by atoms with Gasteiger partial charge in [0.15, 0.2) is 0 Å². The van der Waals surface area contributed by atoms with Gasteiger partial charge in [0.2, 0.25) is 4.99 Å². The van der Waals surface area contributed by atoms with Crippen molar-refractivity contribution in [1.82, 2.24) is 14.1 Å². The monoisotopic (exact) mass is 473 g/mol. The van der Waals surface area contributed by atoms with Crippen molar-refractivity contribution in [2.24, 2.45) is 10.1 Å². The summed E-state index contributed by atoms with van der Waals surface area (Å²) < 4.78 is 50.8. The Morgan fingerprint density at radius 3 is 2.43 bits per heavy atom. The van der Waals surface area contributed by atoms with Crippen LogP contribution in [0.1, 0.15) is 5.56 Å². The summed E-state index contributed by atoms with van der Waals surface area (Å²) in [5.74, 6) is 0. The van der Waals surface area contributed by atoms with E-state index in [1.54, 1.807) is 18.2 Å². The molecule has 0 bridgehead atoms. The molecular weight excluding hydrogens is 457 g/mol. The maximum atomic E-state index is 12.1. The van der Waals surface area contributed by atoms with Gasteiger partial charge in [-0.2, -0.15) is 22.6 Å². The average molecular weight is 473 g/mol. The number of aliphatic imine (C=N–C) groups is 1. The molecule has 2 rings (SSSR count). The molecule has 1 heterocycles. The molecule has 0 amide bonds. The Labute approximate surface area is 148 Å². The summed E-state index contributed by atoms with van der Waals surface area (Å²) in [6, 6.07) is 7.10. The van der Waals surface area contributed by atoms with Gasteiger partial charge in [0.05, 0.1) is 0 Å². The van der Waals surface area contributed by atoms with Gasteiger partial charge in [0.25, 0.3) is 10.0 Å². The van der Waals surface area contributed by atoms with E-state index in [9.17, 15) is 16.8 Å². The minimum absolute atomic E-state index is 0.110. The zero-order valence-electron chi connectivity index (χ0n) is 12.3. The van der Waals surface area contributed by atoms with Gasteiger partial charge in [-0.15, -0.1) is 0 Å². The molecule has 12 heteroatoms. The van der Waals surface area contributed by atoms with Crippen molar-refractivity contribution in [2.75, 3.05) is 14.1 Å². The fraction of sp³-hybridized carbons (Fsp3) is 0.364. The molecule has 3 N–H and O–H groups in total. The van der Waals surface area contributed by atoms with Crippen molar-refractivity contribution in [1.29, 1.82) is 0 Å². The first-order valence-electron chi connectivity index (χ1n) is 6.30. The van der Waals surface area contributed by atoms with E-state index in [0.29, 0.717) is 9.98 Å². The second-order valence-corrected chi connectivity index (χ2v) is 9.99. The van der Waals surface area contributed by atoms with E-state index < -0.39 is 25.2 Å². The summed E-state index contributed by atoms with van der Waals surface area (Å²) in [6.07, 6.45) is 0.802. The van der Waals surface area contributed by atoms with Crippen molar-refractivity contribution >= 4 is 49.2 Å². The largest absolute Gasteiger partial charge is 0.318 e. The SMILES string of the molecule is CN(C)S(=O)(=O)N1C=NC(Cc2ccccc2I)(S(N)(=O)=O)N1. The second-order valence-electron chi connectivity index (χ2n) is 5.04. The molecule has 0 saturated heterocycles. The molecule has 128 valence electrons. The van der Waals surface area contributed by atoms with Gasteiger partial charge in [0, 0.05) is 24.1 Å². The molecule has 1 aromatic carbocycles. The number of nitrogens with zero attached hydrogens (tertiary/aromatic N) is 3. The van der Waals surface area contributed by atoms with Crippen LogP contribution in [0.2, 0.25) is 0 Å². The summed E-state index contributed by atoms with van der Waals surface area (Å²) in [6.45, 7) is 0. The highest BCUT2D eigenvalue weighted by molar-refractivity contribution is 14.1. The van der Waals surface area contributed by atoms with Gasteiger partial charge >= 0.3 is 10.2 Å². The molecule has 0 spiro atoms. The van der Waals surface area contributed by atoms with Crippen LogP contribution >= 0.6 is 22.6 Å². The highest BCUT2D eigenvalue weighted by Crippen LogP contribution is 2.27. The number of sulfonamides is 1. The van der Waals surface area contributed by atoms with Crippen LogP contribution in [0.3, 0.4) is 0 Å². The zero-order chi connectivity index (χ0) is 17.5. The van der Waals surface area contributed by atoms with Crippen LogP contribution in [-0.4, -0.2) is 51.0 Å². The Balaban J connectivity index is 2.43. The topological polar surface area (TPSA) is 125 Å². The summed E-state index contributed by atoms with van der Waals surface area (Å²) >= 11 is 2.06. The predicted octanol–water partition coefficient (Wildman–Crippen LogP) is -0.569. The molecule has 1 unspecified atom stereocenters. The number of primary sulfonamides is 1. The number of rotatable bonds is 5. The lowest BCUT2D eigenvalue weighted by molar-refractivity contribution is 0.344. The fourth-order valence-electron chi connectivity index (χ4n) is 1.89. The Morgan fingerprint density at radius 2 is 1.91 bits per heavy atom. The first-order valence-corrected chi connectivity index (χ1v) is 10.3. The maximum Gasteiger partial charge on any atom is 0.318 e. The molecule has 1 aromatic rings. The van der Waals surface area contributed by atoms with E-state index in [4.69, 9.17) is 5.14 Å². The Bertz CT molecular complexity index is 840. The number of nitrogens with two attached hydrogens (primary N) is 1. The van der Waals surface area contributed by atoms with Crippen molar-refractivity contribution in [3.63, 3.8) is 0 Å². The van der Waals surface area contributed by atoms with Crippen LogP contribution in [0.4, 0.5) is 0 Å². The van der Waals surface area contributed by atoms with Crippen molar-refractivity contribution in [3.8, 4) is 0 Å². The molecular formula is C11H16IN5O4S2. The third-order valence-corrected chi connectivity index (χ3v) is 7.17. The van der Waals surface area contributed by atoms with E-state index in [-0.39, 0.29) is 6.42 Å². The second kappa shape index (κ2) is 6.25. The number of halogens is 1. The highest BCUT2D eigenvalue weighted by atomic mass is 127. The Kier molecular flexibility index (Phi) is 5.04. The number of nitrogens with one attached hydrogen (secondary N) is 1. The van der Waals surface area contributed by atoms with Gasteiger partial charge in [-0.3, -0.25) is 0 Å². The van der Waals surface area contributed by atoms with Crippen LogP contribution in [0.25, 0.3) is 0 Å². The summed E-state index contributed by atoms with van der Waals surface area (Å²) in [5, 5.41) is 5.31. The zero-order valence-corrected chi connectivity index (χ0v) is 16.1. The van der Waals surface area contributed by atoms with Gasteiger partial charge in [0.1, 0.15) is 6.34 Å². The molecule has 1 aliphatic heterocycles. The van der Waals surface area contributed by atoms with Crippen LogP contribution < -0.4 is 10.6 Å². The van der Waals surface area contributed by atoms with E-state index in [1.807, 2.05) is 6.07 Å². The van der Waals surface area contributed by atoms with E-state index in [2.05, 4.69) is 33.0 Å². The van der Waals surface area contributed by atoms with E-state index >= 15 is 0 Å². The van der Waals surface area contributed by atoms with Gasteiger partial charge in [-0.1, -0.05) is 18.2 Å². The molecule has 0 aromatic heterocycles. The van der Waals surface area contributed by atoms with Crippen LogP contribution in [0, 0.1) is 3.57 Å². The normalized spacial score (nSPS) is 22.0. The van der Waals surface area contributed by atoms with E-state index in [1.165, 1.54) is 14.1 Å². The first-order chi connectivity index (χ1) is 10.5. The van der Waals surface area contributed by atoms with Crippen LogP contribution in [0.15, 0.2) is 29.3 Å². The molecule has 0 aliphatic carbocycles. The molecule has 0 saturated carbocycles. The van der Waals surface area contributed by atoms with Crippen molar-refractivity contribution < 1.29 is 16.8 Å². The Hall–Kier alpha value is -0.800. The molecule has 0 radical (unpaired) electrons. The standard InChI is InChI=1S/C11H16IN5O4S2/c1-16(2)23(20,21)17-8-14-11(15-17,22(13,18)19)7-9-5-3-4-6-10(9)12/h3-6,8,15H,7H2,1-2H3,(H2,13,18,19). The van der Waals surface area contributed by atoms with Gasteiger partial charge < -0.3 is 0 Å². The minimum Gasteiger partial charge on any atom is -0.232 e. The first kappa shape index (κ1) is 18.5. The molecule has 9 nitrogen and oxygen atoms in total. The lowest BCUT2D eigenvalue weighted by Gasteiger charge is -2.28. The quantitative estimate of drug-likeness (QED) is 0.555. The smallest absolute Gasteiger partial charge is 0.232 e. The summed E-state index contributed by atoms with van der Waals surface area (Å²) in [7, 11) is -5.52. The lowest BCUT2D eigenvalue weighted by Crippen LogP contribution is -2.58. The number of hydrogen-bond donors (Lipinski definition) is 2. The minimum atomic E-state index is -4.24. The maximum absolute atomic E-state index is 12.1. The number of hydrogen-bond acceptors (Lipinski definition) is 6. The molecule has 1 aliphatic rings. The Morgan fingerprint density at radius 1 is 1.30 bits per heavy atom. The third-order valence-electron chi connectivity index (χ3n) is 3.22.